The highest BCUT2D eigenvalue weighted by atomic mass is 16.4. The van der Waals surface area contributed by atoms with Crippen LogP contribution in [0.5, 0.6) is 0 Å². The second-order valence-corrected chi connectivity index (χ2v) is 7.21. The summed E-state index contributed by atoms with van der Waals surface area (Å²) < 4.78 is 0. The van der Waals surface area contributed by atoms with E-state index in [0.717, 1.165) is 45.1 Å². The van der Waals surface area contributed by atoms with E-state index in [1.807, 2.05) is 18.2 Å². The number of carbonyl (C=O) groups excluding carboxylic acids is 1. The highest BCUT2D eigenvalue weighted by Crippen LogP contribution is 2.35. The number of benzene rings is 1. The maximum atomic E-state index is 13.2. The number of rotatable bonds is 3. The van der Waals surface area contributed by atoms with Crippen LogP contribution in [0.3, 0.4) is 0 Å². The number of hydrogen-bond donors (Lipinski definition) is 1. The highest BCUT2D eigenvalue weighted by molar-refractivity contribution is 5.81. The SMILES string of the molecule is O=C(O)C1CCCC(C(=O)N2CCCCCC2c2ccccc2)C1. The van der Waals surface area contributed by atoms with Gasteiger partial charge in [0.15, 0.2) is 0 Å². The molecular formula is C20H27NO3. The van der Waals surface area contributed by atoms with E-state index < -0.39 is 5.97 Å². The molecule has 1 aliphatic carbocycles. The van der Waals surface area contributed by atoms with Gasteiger partial charge in [0.05, 0.1) is 12.0 Å². The maximum absolute atomic E-state index is 13.2. The van der Waals surface area contributed by atoms with Crippen LogP contribution in [-0.4, -0.2) is 28.4 Å². The number of carbonyl (C=O) groups is 2. The van der Waals surface area contributed by atoms with Crippen LogP contribution in [0.4, 0.5) is 0 Å². The Morgan fingerprint density at radius 1 is 0.917 bits per heavy atom. The van der Waals surface area contributed by atoms with E-state index in [2.05, 4.69) is 17.0 Å². The minimum Gasteiger partial charge on any atom is -0.481 e. The fraction of sp³-hybridized carbons (Fsp3) is 0.600. The van der Waals surface area contributed by atoms with E-state index in [4.69, 9.17) is 0 Å². The van der Waals surface area contributed by atoms with Crippen LogP contribution in [0.1, 0.15) is 63.0 Å². The molecule has 1 saturated heterocycles. The van der Waals surface area contributed by atoms with Crippen LogP contribution >= 0.6 is 0 Å². The molecule has 1 aromatic carbocycles. The van der Waals surface area contributed by atoms with Crippen molar-refractivity contribution in [2.75, 3.05) is 6.54 Å². The first kappa shape index (κ1) is 17.0. The van der Waals surface area contributed by atoms with Crippen LogP contribution in [0, 0.1) is 11.8 Å². The zero-order chi connectivity index (χ0) is 16.9. The Balaban J connectivity index is 1.78. The van der Waals surface area contributed by atoms with Gasteiger partial charge in [-0.15, -0.1) is 0 Å². The Labute approximate surface area is 143 Å². The van der Waals surface area contributed by atoms with Crippen LogP contribution in [0.15, 0.2) is 30.3 Å². The lowest BCUT2D eigenvalue weighted by atomic mass is 9.80. The van der Waals surface area contributed by atoms with Crippen LogP contribution < -0.4 is 0 Å². The van der Waals surface area contributed by atoms with Crippen molar-refractivity contribution in [3.8, 4) is 0 Å². The van der Waals surface area contributed by atoms with Gasteiger partial charge in [0.25, 0.3) is 0 Å². The molecule has 1 aliphatic heterocycles. The zero-order valence-corrected chi connectivity index (χ0v) is 14.2. The summed E-state index contributed by atoms with van der Waals surface area (Å²) in [6.45, 7) is 0.798. The maximum Gasteiger partial charge on any atom is 0.306 e. The lowest BCUT2D eigenvalue weighted by Gasteiger charge is -2.35. The van der Waals surface area contributed by atoms with E-state index in [-0.39, 0.29) is 23.8 Å². The van der Waals surface area contributed by atoms with Gasteiger partial charge in [0.2, 0.25) is 5.91 Å². The van der Waals surface area contributed by atoms with Gasteiger partial charge in [0.1, 0.15) is 0 Å². The van der Waals surface area contributed by atoms with Gasteiger partial charge in [-0.3, -0.25) is 9.59 Å². The molecule has 3 atom stereocenters. The molecular weight excluding hydrogens is 302 g/mol. The molecule has 2 fully saturated rings. The van der Waals surface area contributed by atoms with E-state index in [0.29, 0.717) is 12.8 Å². The molecule has 4 nitrogen and oxygen atoms in total. The predicted octanol–water partition coefficient (Wildman–Crippen LogP) is 4.02. The van der Waals surface area contributed by atoms with Gasteiger partial charge < -0.3 is 10.0 Å². The second-order valence-electron chi connectivity index (χ2n) is 7.21. The summed E-state index contributed by atoms with van der Waals surface area (Å²) in [6.07, 6.45) is 7.25. The first-order chi connectivity index (χ1) is 11.7. The lowest BCUT2D eigenvalue weighted by Crippen LogP contribution is -2.41. The number of nitrogens with zero attached hydrogens (tertiary/aromatic N) is 1. The molecule has 0 bridgehead atoms. The smallest absolute Gasteiger partial charge is 0.306 e. The van der Waals surface area contributed by atoms with Crippen LogP contribution in [0.2, 0.25) is 0 Å². The molecule has 3 rings (SSSR count). The number of aliphatic carboxylic acids is 1. The zero-order valence-electron chi connectivity index (χ0n) is 14.2. The predicted molar refractivity (Wildman–Crippen MR) is 92.4 cm³/mol. The highest BCUT2D eigenvalue weighted by Gasteiger charge is 2.36. The largest absolute Gasteiger partial charge is 0.481 e. The Bertz CT molecular complexity index is 572. The number of hydrogen-bond acceptors (Lipinski definition) is 2. The third-order valence-electron chi connectivity index (χ3n) is 5.59. The van der Waals surface area contributed by atoms with Gasteiger partial charge in [0, 0.05) is 12.5 Å². The fourth-order valence-electron chi connectivity index (χ4n) is 4.27. The number of likely N-dealkylation sites (tertiary alicyclic amines) is 1. The first-order valence-electron chi connectivity index (χ1n) is 9.25. The summed E-state index contributed by atoms with van der Waals surface area (Å²) in [6, 6.07) is 10.4. The van der Waals surface area contributed by atoms with Crippen molar-refractivity contribution in [2.24, 2.45) is 11.8 Å². The summed E-state index contributed by atoms with van der Waals surface area (Å²) in [4.78, 5) is 26.6. The molecule has 1 aromatic rings. The molecule has 1 N–H and O–H groups in total. The molecule has 1 saturated carbocycles. The Kier molecular flexibility index (Phi) is 5.54. The van der Waals surface area contributed by atoms with Crippen molar-refractivity contribution in [2.45, 2.75) is 57.4 Å². The molecule has 3 unspecified atom stereocenters. The minimum atomic E-state index is -0.747. The molecule has 0 aromatic heterocycles. The van der Waals surface area contributed by atoms with E-state index in [1.165, 1.54) is 5.56 Å². The summed E-state index contributed by atoms with van der Waals surface area (Å²) in [5.41, 5.74) is 1.21. The van der Waals surface area contributed by atoms with Crippen LogP contribution in [0.25, 0.3) is 0 Å². The quantitative estimate of drug-likeness (QED) is 0.911. The lowest BCUT2D eigenvalue weighted by molar-refractivity contribution is -0.146. The van der Waals surface area contributed by atoms with Crippen molar-refractivity contribution < 1.29 is 14.7 Å². The standard InChI is InChI=1S/C20H27NO3/c22-19(16-10-7-11-17(14-16)20(23)24)21-13-6-2-5-12-18(21)15-8-3-1-4-9-15/h1,3-4,8-9,16-18H,2,5-7,10-14H2,(H,23,24). The molecule has 0 radical (unpaired) electrons. The van der Waals surface area contributed by atoms with Gasteiger partial charge in [-0.2, -0.15) is 0 Å². The summed E-state index contributed by atoms with van der Waals surface area (Å²) in [7, 11) is 0. The average molecular weight is 329 g/mol. The summed E-state index contributed by atoms with van der Waals surface area (Å²) in [5, 5.41) is 9.30. The Hall–Kier alpha value is -1.84. The van der Waals surface area contributed by atoms with Gasteiger partial charge in [-0.1, -0.05) is 49.6 Å². The number of carboxylic acids is 1. The fourth-order valence-corrected chi connectivity index (χ4v) is 4.27. The van der Waals surface area contributed by atoms with Crippen molar-refractivity contribution in [3.63, 3.8) is 0 Å². The minimum absolute atomic E-state index is 0.121. The normalized spacial score (nSPS) is 28.2. The molecule has 4 heteroatoms. The molecule has 0 spiro atoms. The van der Waals surface area contributed by atoms with Gasteiger partial charge in [-0.05, 0) is 37.7 Å². The number of amides is 1. The van der Waals surface area contributed by atoms with Crippen molar-refractivity contribution in [3.05, 3.63) is 35.9 Å². The molecule has 2 aliphatic rings. The van der Waals surface area contributed by atoms with E-state index >= 15 is 0 Å². The molecule has 1 amide bonds. The summed E-state index contributed by atoms with van der Waals surface area (Å²) in [5.74, 6) is -1.04. The summed E-state index contributed by atoms with van der Waals surface area (Å²) >= 11 is 0. The topological polar surface area (TPSA) is 57.6 Å². The van der Waals surface area contributed by atoms with Crippen molar-refractivity contribution in [1.82, 2.24) is 4.90 Å². The monoisotopic (exact) mass is 329 g/mol. The van der Waals surface area contributed by atoms with Crippen molar-refractivity contribution in [1.29, 1.82) is 0 Å². The number of carboxylic acid groups (broad SMARTS) is 1. The van der Waals surface area contributed by atoms with Gasteiger partial charge >= 0.3 is 5.97 Å². The van der Waals surface area contributed by atoms with Gasteiger partial charge in [-0.25, -0.2) is 0 Å². The first-order valence-corrected chi connectivity index (χ1v) is 9.25. The molecule has 130 valence electrons. The van der Waals surface area contributed by atoms with E-state index in [1.54, 1.807) is 0 Å². The molecule has 1 heterocycles. The Morgan fingerprint density at radius 2 is 1.67 bits per heavy atom. The van der Waals surface area contributed by atoms with Crippen LogP contribution in [-0.2, 0) is 9.59 Å². The van der Waals surface area contributed by atoms with Crippen molar-refractivity contribution >= 4 is 11.9 Å². The second kappa shape index (κ2) is 7.82. The third kappa shape index (κ3) is 3.80. The third-order valence-corrected chi connectivity index (χ3v) is 5.59. The average Bonchev–Trinajstić information content (AvgIpc) is 2.88. The Morgan fingerprint density at radius 3 is 2.42 bits per heavy atom. The molecule has 24 heavy (non-hydrogen) atoms. The van der Waals surface area contributed by atoms with E-state index in [9.17, 15) is 14.7 Å².